The van der Waals surface area contributed by atoms with E-state index in [0.29, 0.717) is 25.6 Å². The molecule has 0 bridgehead atoms. The number of carbonyl (C=O) groups is 1. The first kappa shape index (κ1) is 19.6. The minimum atomic E-state index is -0.477. The van der Waals surface area contributed by atoms with Crippen LogP contribution in [0.1, 0.15) is 45.1 Å². The third-order valence-electron chi connectivity index (χ3n) is 4.40. The molecule has 1 unspecified atom stereocenters. The maximum absolute atomic E-state index is 12.2. The van der Waals surface area contributed by atoms with E-state index < -0.39 is 5.60 Å². The number of azide groups is 1. The van der Waals surface area contributed by atoms with Crippen LogP contribution in [-0.4, -0.2) is 36.2 Å². The van der Waals surface area contributed by atoms with Gasteiger partial charge in [-0.15, -0.1) is 0 Å². The van der Waals surface area contributed by atoms with E-state index in [1.807, 2.05) is 32.9 Å². The number of likely N-dealkylation sites (tertiary alicyclic amines) is 1. The van der Waals surface area contributed by atoms with E-state index in [2.05, 4.69) is 38.1 Å². The number of benzene rings is 1. The highest BCUT2D eigenvalue weighted by Gasteiger charge is 2.31. The fraction of sp³-hybridized carbons (Fsp3) is 0.611. The van der Waals surface area contributed by atoms with Gasteiger partial charge in [0.15, 0.2) is 0 Å². The van der Waals surface area contributed by atoms with Crippen molar-refractivity contribution >= 4 is 22.0 Å². The van der Waals surface area contributed by atoms with Gasteiger partial charge in [0.25, 0.3) is 0 Å². The van der Waals surface area contributed by atoms with Crippen LogP contribution < -0.4 is 0 Å². The van der Waals surface area contributed by atoms with Crippen LogP contribution in [0.15, 0.2) is 33.9 Å². The first-order valence-corrected chi connectivity index (χ1v) is 9.33. The lowest BCUT2D eigenvalue weighted by atomic mass is 9.80. The summed E-state index contributed by atoms with van der Waals surface area (Å²) in [4.78, 5) is 16.9. The van der Waals surface area contributed by atoms with Crippen LogP contribution in [0.4, 0.5) is 4.79 Å². The average molecular weight is 409 g/mol. The SMILES string of the molecule is CC(C)(C)OC(=O)N1CCC(C(CN=[N+]=[N-])c2ccc(Br)cc2)CC1. The van der Waals surface area contributed by atoms with Crippen LogP contribution in [0.5, 0.6) is 0 Å². The van der Waals surface area contributed by atoms with Crippen molar-refractivity contribution in [3.8, 4) is 0 Å². The Labute approximate surface area is 157 Å². The third kappa shape index (κ3) is 5.94. The van der Waals surface area contributed by atoms with E-state index in [9.17, 15) is 4.79 Å². The Morgan fingerprint density at radius 2 is 1.96 bits per heavy atom. The average Bonchev–Trinajstić information content (AvgIpc) is 2.56. The largest absolute Gasteiger partial charge is 0.444 e. The molecule has 0 radical (unpaired) electrons. The standard InChI is InChI=1S/C18H25BrN4O2/c1-18(2,3)25-17(24)23-10-8-14(9-11-23)16(12-21-22-20)13-4-6-15(19)7-5-13/h4-7,14,16H,8-12H2,1-3H3. The van der Waals surface area contributed by atoms with E-state index in [0.717, 1.165) is 17.3 Å². The number of amides is 1. The van der Waals surface area contributed by atoms with Crippen LogP contribution in [0.3, 0.4) is 0 Å². The zero-order valence-corrected chi connectivity index (χ0v) is 16.6. The summed E-state index contributed by atoms with van der Waals surface area (Å²) in [5, 5.41) is 3.81. The first-order valence-electron chi connectivity index (χ1n) is 8.54. The zero-order chi connectivity index (χ0) is 18.4. The molecule has 0 spiro atoms. The van der Waals surface area contributed by atoms with Crippen LogP contribution in [0.25, 0.3) is 10.4 Å². The highest BCUT2D eigenvalue weighted by atomic mass is 79.9. The smallest absolute Gasteiger partial charge is 0.410 e. The summed E-state index contributed by atoms with van der Waals surface area (Å²) in [6.07, 6.45) is 1.50. The molecular weight excluding hydrogens is 384 g/mol. The maximum Gasteiger partial charge on any atom is 0.410 e. The zero-order valence-electron chi connectivity index (χ0n) is 15.0. The van der Waals surface area contributed by atoms with Gasteiger partial charge in [-0.1, -0.05) is 33.2 Å². The summed E-state index contributed by atoms with van der Waals surface area (Å²) in [7, 11) is 0. The molecule has 1 aromatic carbocycles. The van der Waals surface area contributed by atoms with Gasteiger partial charge < -0.3 is 9.64 Å². The van der Waals surface area contributed by atoms with Gasteiger partial charge in [0.05, 0.1) is 0 Å². The number of halogens is 1. The Morgan fingerprint density at radius 1 is 1.36 bits per heavy atom. The molecule has 1 aliphatic rings. The van der Waals surface area contributed by atoms with Gasteiger partial charge in [-0.2, -0.15) is 0 Å². The Balaban J connectivity index is 2.03. The number of carbonyl (C=O) groups excluding carboxylic acids is 1. The Hall–Kier alpha value is -1.72. The number of ether oxygens (including phenoxy) is 1. The van der Waals surface area contributed by atoms with Gasteiger partial charge in [-0.05, 0) is 68.7 Å². The van der Waals surface area contributed by atoms with E-state index in [1.165, 1.54) is 5.56 Å². The molecule has 0 aliphatic carbocycles. The molecule has 1 atom stereocenters. The third-order valence-corrected chi connectivity index (χ3v) is 4.93. The van der Waals surface area contributed by atoms with Gasteiger partial charge in [-0.3, -0.25) is 0 Å². The van der Waals surface area contributed by atoms with Crippen molar-refractivity contribution in [2.75, 3.05) is 19.6 Å². The topological polar surface area (TPSA) is 78.3 Å². The molecule has 1 fully saturated rings. The molecule has 136 valence electrons. The van der Waals surface area contributed by atoms with Crippen molar-refractivity contribution < 1.29 is 9.53 Å². The Bertz CT molecular complexity index is 627. The highest BCUT2D eigenvalue weighted by molar-refractivity contribution is 9.10. The quantitative estimate of drug-likeness (QED) is 0.374. The monoisotopic (exact) mass is 408 g/mol. The van der Waals surface area contributed by atoms with Gasteiger partial charge >= 0.3 is 6.09 Å². The lowest BCUT2D eigenvalue weighted by molar-refractivity contribution is 0.0175. The second-order valence-electron chi connectivity index (χ2n) is 7.38. The van der Waals surface area contributed by atoms with Crippen molar-refractivity contribution in [2.24, 2.45) is 11.0 Å². The molecule has 1 amide bonds. The lowest BCUT2D eigenvalue weighted by Gasteiger charge is -2.36. The predicted octanol–water partition coefficient (Wildman–Crippen LogP) is 5.49. The molecule has 25 heavy (non-hydrogen) atoms. The van der Waals surface area contributed by atoms with Gasteiger partial charge in [0.1, 0.15) is 5.60 Å². The summed E-state index contributed by atoms with van der Waals surface area (Å²) in [6, 6.07) is 8.16. The van der Waals surface area contributed by atoms with Crippen molar-refractivity contribution in [3.63, 3.8) is 0 Å². The van der Waals surface area contributed by atoms with E-state index in [1.54, 1.807) is 4.90 Å². The van der Waals surface area contributed by atoms with Crippen LogP contribution in [0, 0.1) is 5.92 Å². The van der Waals surface area contributed by atoms with Crippen molar-refractivity contribution in [2.45, 2.75) is 45.1 Å². The minimum Gasteiger partial charge on any atom is -0.444 e. The highest BCUT2D eigenvalue weighted by Crippen LogP contribution is 2.34. The molecule has 1 aliphatic heterocycles. The Kier molecular flexibility index (Phi) is 6.73. The van der Waals surface area contributed by atoms with Crippen molar-refractivity contribution in [1.29, 1.82) is 0 Å². The summed E-state index contributed by atoms with van der Waals surface area (Å²) < 4.78 is 6.48. The molecule has 6 nitrogen and oxygen atoms in total. The minimum absolute atomic E-state index is 0.171. The number of piperidine rings is 1. The number of nitrogens with zero attached hydrogens (tertiary/aromatic N) is 4. The summed E-state index contributed by atoms with van der Waals surface area (Å²) in [5.41, 5.74) is 9.40. The summed E-state index contributed by atoms with van der Waals surface area (Å²) in [5.74, 6) is 0.551. The molecule has 1 saturated heterocycles. The molecule has 0 aromatic heterocycles. The second kappa shape index (κ2) is 8.59. The Morgan fingerprint density at radius 3 is 2.48 bits per heavy atom. The van der Waals surface area contributed by atoms with E-state index >= 15 is 0 Å². The van der Waals surface area contributed by atoms with Gasteiger partial charge in [0.2, 0.25) is 0 Å². The van der Waals surface area contributed by atoms with Crippen LogP contribution in [-0.2, 0) is 4.74 Å². The fourth-order valence-corrected chi connectivity index (χ4v) is 3.44. The molecule has 7 heteroatoms. The predicted molar refractivity (Wildman–Crippen MR) is 101 cm³/mol. The first-order chi connectivity index (χ1) is 11.8. The van der Waals surface area contributed by atoms with Crippen molar-refractivity contribution in [3.05, 3.63) is 44.7 Å². The maximum atomic E-state index is 12.2. The summed E-state index contributed by atoms with van der Waals surface area (Å²) >= 11 is 3.45. The lowest BCUT2D eigenvalue weighted by Crippen LogP contribution is -2.42. The molecule has 1 heterocycles. The second-order valence-corrected chi connectivity index (χ2v) is 8.29. The van der Waals surface area contributed by atoms with Gasteiger partial charge in [-0.25, -0.2) is 4.79 Å². The fourth-order valence-electron chi connectivity index (χ4n) is 3.17. The molecule has 0 N–H and O–H groups in total. The molecule has 2 rings (SSSR count). The number of rotatable bonds is 4. The van der Waals surface area contributed by atoms with Crippen LogP contribution >= 0.6 is 15.9 Å². The van der Waals surface area contributed by atoms with Crippen LogP contribution in [0.2, 0.25) is 0 Å². The van der Waals surface area contributed by atoms with Gasteiger partial charge in [0, 0.05) is 29.0 Å². The van der Waals surface area contributed by atoms with E-state index in [4.69, 9.17) is 10.3 Å². The van der Waals surface area contributed by atoms with Crippen molar-refractivity contribution in [1.82, 2.24) is 4.90 Å². The molecule has 0 saturated carbocycles. The van der Waals surface area contributed by atoms with E-state index in [-0.39, 0.29) is 12.0 Å². The number of hydrogen-bond acceptors (Lipinski definition) is 3. The number of hydrogen-bond donors (Lipinski definition) is 0. The molecule has 1 aromatic rings. The normalized spacial score (nSPS) is 16.9. The summed E-state index contributed by atoms with van der Waals surface area (Å²) in [6.45, 7) is 7.41. The molecular formula is C18H25BrN4O2.